The molecule has 1 aromatic rings. The van der Waals surface area contributed by atoms with Crippen LogP contribution in [0, 0.1) is 23.3 Å². The molecule has 0 radical (unpaired) electrons. The van der Waals surface area contributed by atoms with E-state index in [1.165, 1.54) is 0 Å². The Balaban J connectivity index is 2.89. The third-order valence-electron chi connectivity index (χ3n) is 1.78. The van der Waals surface area contributed by atoms with Crippen molar-refractivity contribution < 1.29 is 22.3 Å². The molecule has 0 aromatic heterocycles. The molecule has 0 heterocycles. The summed E-state index contributed by atoms with van der Waals surface area (Å²) >= 11 is 0. The van der Waals surface area contributed by atoms with Crippen LogP contribution in [0.25, 0.3) is 0 Å². The van der Waals surface area contributed by atoms with Crippen molar-refractivity contribution in [2.75, 3.05) is 6.61 Å². The molecule has 15 heavy (non-hydrogen) atoms. The summed E-state index contributed by atoms with van der Waals surface area (Å²) in [7, 11) is 0. The number of hydrogen-bond donors (Lipinski definition) is 0. The number of halogens is 4. The minimum Gasteiger partial charge on any atom is -0.377 e. The van der Waals surface area contributed by atoms with Crippen LogP contribution >= 0.6 is 0 Å². The van der Waals surface area contributed by atoms with E-state index in [9.17, 15) is 17.6 Å². The molecule has 1 aromatic carbocycles. The molecule has 0 fully saturated rings. The van der Waals surface area contributed by atoms with Crippen LogP contribution in [0.5, 0.6) is 0 Å². The molecule has 0 aliphatic carbocycles. The van der Waals surface area contributed by atoms with E-state index in [0.717, 1.165) is 0 Å². The molecule has 0 N–H and O–H groups in total. The predicted octanol–water partition coefficient (Wildman–Crippen LogP) is 3.17. The Morgan fingerprint density at radius 3 is 2.33 bits per heavy atom. The van der Waals surface area contributed by atoms with Gasteiger partial charge in [-0.25, -0.2) is 17.6 Å². The monoisotopic (exact) mass is 222 g/mol. The van der Waals surface area contributed by atoms with Crippen molar-refractivity contribution >= 4 is 0 Å². The van der Waals surface area contributed by atoms with E-state index >= 15 is 0 Å². The molecule has 1 rings (SSSR count). The molecule has 5 heteroatoms. The molecule has 0 saturated heterocycles. The Kier molecular flexibility index (Phi) is 4.08. The summed E-state index contributed by atoms with van der Waals surface area (Å²) in [6.45, 7) is 1.91. The Bertz CT molecular complexity index is 352. The van der Waals surface area contributed by atoms with Gasteiger partial charge in [-0.05, 0) is 12.5 Å². The summed E-state index contributed by atoms with van der Waals surface area (Å²) in [6, 6.07) is 0.601. The van der Waals surface area contributed by atoms with Crippen LogP contribution in [-0.2, 0) is 11.3 Å². The lowest BCUT2D eigenvalue weighted by molar-refractivity contribution is 0.118. The van der Waals surface area contributed by atoms with Gasteiger partial charge in [0.25, 0.3) is 0 Å². The van der Waals surface area contributed by atoms with Gasteiger partial charge < -0.3 is 4.74 Å². The van der Waals surface area contributed by atoms with Gasteiger partial charge in [-0.15, -0.1) is 0 Å². The van der Waals surface area contributed by atoms with Gasteiger partial charge >= 0.3 is 0 Å². The number of hydrogen-bond acceptors (Lipinski definition) is 1. The van der Waals surface area contributed by atoms with Crippen LogP contribution < -0.4 is 0 Å². The average Bonchev–Trinajstić information content (AvgIpc) is 2.23. The average molecular weight is 222 g/mol. The van der Waals surface area contributed by atoms with Gasteiger partial charge in [-0.3, -0.25) is 0 Å². The summed E-state index contributed by atoms with van der Waals surface area (Å²) in [6.07, 6.45) is 0.702. The van der Waals surface area contributed by atoms with E-state index < -0.39 is 23.3 Å². The molecule has 0 amide bonds. The Hall–Kier alpha value is -1.10. The molecular weight excluding hydrogens is 212 g/mol. The van der Waals surface area contributed by atoms with Crippen LogP contribution in [0.15, 0.2) is 6.07 Å². The quantitative estimate of drug-likeness (QED) is 0.329. The third kappa shape index (κ3) is 2.68. The summed E-state index contributed by atoms with van der Waals surface area (Å²) in [4.78, 5) is 0. The molecular formula is C10H10F4O. The first kappa shape index (κ1) is 12.0. The predicted molar refractivity (Wildman–Crippen MR) is 46.2 cm³/mol. The summed E-state index contributed by atoms with van der Waals surface area (Å²) in [5.74, 6) is -6.41. The van der Waals surface area contributed by atoms with E-state index in [1.807, 2.05) is 6.92 Å². The molecule has 0 aliphatic rings. The second-order valence-corrected chi connectivity index (χ2v) is 3.01. The van der Waals surface area contributed by atoms with Crippen molar-refractivity contribution in [3.8, 4) is 0 Å². The van der Waals surface area contributed by atoms with Gasteiger partial charge in [0, 0.05) is 12.2 Å². The molecule has 1 nitrogen and oxygen atoms in total. The first-order valence-corrected chi connectivity index (χ1v) is 4.47. The van der Waals surface area contributed by atoms with Gasteiger partial charge in [-0.1, -0.05) is 6.92 Å². The van der Waals surface area contributed by atoms with E-state index in [0.29, 0.717) is 19.1 Å². The maximum Gasteiger partial charge on any atom is 0.197 e. The second kappa shape index (κ2) is 5.11. The highest BCUT2D eigenvalue weighted by molar-refractivity contribution is 5.21. The zero-order valence-corrected chi connectivity index (χ0v) is 8.12. The summed E-state index contributed by atoms with van der Waals surface area (Å²) < 4.78 is 55.8. The molecule has 84 valence electrons. The van der Waals surface area contributed by atoms with Crippen molar-refractivity contribution in [3.05, 3.63) is 34.9 Å². The van der Waals surface area contributed by atoms with Crippen LogP contribution in [-0.4, -0.2) is 6.61 Å². The molecule has 0 saturated carbocycles. The lowest BCUT2D eigenvalue weighted by atomic mass is 10.2. The first-order valence-electron chi connectivity index (χ1n) is 4.47. The molecule has 0 spiro atoms. The van der Waals surface area contributed by atoms with Crippen molar-refractivity contribution in [1.82, 2.24) is 0 Å². The fraction of sp³-hybridized carbons (Fsp3) is 0.400. The van der Waals surface area contributed by atoms with Crippen molar-refractivity contribution in [2.45, 2.75) is 20.0 Å². The van der Waals surface area contributed by atoms with E-state index in [-0.39, 0.29) is 12.2 Å². The van der Waals surface area contributed by atoms with Crippen molar-refractivity contribution in [3.63, 3.8) is 0 Å². The number of rotatable bonds is 4. The Morgan fingerprint density at radius 2 is 1.73 bits per heavy atom. The minimum atomic E-state index is -1.80. The topological polar surface area (TPSA) is 9.23 Å². The third-order valence-corrected chi connectivity index (χ3v) is 1.78. The van der Waals surface area contributed by atoms with E-state index in [2.05, 4.69) is 0 Å². The van der Waals surface area contributed by atoms with Gasteiger partial charge in [0.1, 0.15) is 0 Å². The van der Waals surface area contributed by atoms with E-state index in [4.69, 9.17) is 4.74 Å². The van der Waals surface area contributed by atoms with Gasteiger partial charge in [0.05, 0.1) is 6.61 Å². The largest absolute Gasteiger partial charge is 0.377 e. The fourth-order valence-electron chi connectivity index (χ4n) is 1.05. The number of ether oxygens (including phenoxy) is 1. The molecule has 0 atom stereocenters. The standard InChI is InChI=1S/C10H10F4O/c1-2-3-15-5-6-4-7(11)9(13)10(14)8(6)12/h4H,2-3,5H2,1H3. The zero-order chi connectivity index (χ0) is 11.4. The highest BCUT2D eigenvalue weighted by Gasteiger charge is 2.18. The highest BCUT2D eigenvalue weighted by Crippen LogP contribution is 2.19. The van der Waals surface area contributed by atoms with Crippen LogP contribution in [0.2, 0.25) is 0 Å². The summed E-state index contributed by atoms with van der Waals surface area (Å²) in [5, 5.41) is 0. The highest BCUT2D eigenvalue weighted by atomic mass is 19.2. The number of benzene rings is 1. The minimum absolute atomic E-state index is 0.270. The Labute approximate surface area is 84.7 Å². The first-order chi connectivity index (χ1) is 7.07. The Morgan fingerprint density at radius 1 is 1.07 bits per heavy atom. The van der Waals surface area contributed by atoms with Crippen molar-refractivity contribution in [2.24, 2.45) is 0 Å². The smallest absolute Gasteiger partial charge is 0.197 e. The lowest BCUT2D eigenvalue weighted by Gasteiger charge is -2.06. The van der Waals surface area contributed by atoms with Crippen molar-refractivity contribution in [1.29, 1.82) is 0 Å². The molecule has 0 bridgehead atoms. The second-order valence-electron chi connectivity index (χ2n) is 3.01. The van der Waals surface area contributed by atoms with Crippen LogP contribution in [0.3, 0.4) is 0 Å². The van der Waals surface area contributed by atoms with Gasteiger partial charge in [0.15, 0.2) is 23.3 Å². The van der Waals surface area contributed by atoms with E-state index in [1.54, 1.807) is 0 Å². The van der Waals surface area contributed by atoms with Crippen LogP contribution in [0.1, 0.15) is 18.9 Å². The summed E-state index contributed by atoms with van der Waals surface area (Å²) in [5.41, 5.74) is -0.320. The maximum absolute atomic E-state index is 13.0. The van der Waals surface area contributed by atoms with Gasteiger partial charge in [-0.2, -0.15) is 0 Å². The fourth-order valence-corrected chi connectivity index (χ4v) is 1.05. The van der Waals surface area contributed by atoms with Crippen LogP contribution in [0.4, 0.5) is 17.6 Å². The van der Waals surface area contributed by atoms with Gasteiger partial charge in [0.2, 0.25) is 0 Å². The molecule has 0 aliphatic heterocycles. The lowest BCUT2D eigenvalue weighted by Crippen LogP contribution is -2.03. The normalized spacial score (nSPS) is 10.7. The maximum atomic E-state index is 13.0. The molecule has 0 unspecified atom stereocenters. The SMILES string of the molecule is CCCOCc1cc(F)c(F)c(F)c1F. The zero-order valence-electron chi connectivity index (χ0n) is 8.12.